The van der Waals surface area contributed by atoms with E-state index in [1.807, 2.05) is 0 Å². The Kier molecular flexibility index (Phi) is 13.2. The zero-order valence-corrected chi connectivity index (χ0v) is 25.5. The largest absolute Gasteiger partial charge is 0.491 e. The Labute approximate surface area is 274 Å². The van der Waals surface area contributed by atoms with E-state index in [1.54, 1.807) is 0 Å². The molecular formula is C19H7Cl7F3NO14. The molecule has 0 bridgehead atoms. The number of nitrogens with one attached hydrogen (secondary N) is 1. The maximum atomic E-state index is 13.1. The number of alkyl halides is 9. The summed E-state index contributed by atoms with van der Waals surface area (Å²) in [6, 6.07) is 0. The maximum absolute atomic E-state index is 13.1. The van der Waals surface area contributed by atoms with Crippen molar-refractivity contribution in [3.05, 3.63) is 10.6 Å². The van der Waals surface area contributed by atoms with Crippen LogP contribution in [0.3, 0.4) is 0 Å². The number of hydrogen-bond acceptors (Lipinski definition) is 14. The Morgan fingerprint density at radius 1 is 0.795 bits per heavy atom. The van der Waals surface area contributed by atoms with E-state index in [0.717, 1.165) is 0 Å². The van der Waals surface area contributed by atoms with Gasteiger partial charge >= 0.3 is 53.2 Å². The number of carbonyl (C=O) groups excluding carboxylic acids is 6. The van der Waals surface area contributed by atoms with Gasteiger partial charge in [-0.25, -0.2) is 28.8 Å². The van der Waals surface area contributed by atoms with Crippen molar-refractivity contribution in [3.63, 3.8) is 0 Å². The summed E-state index contributed by atoms with van der Waals surface area (Å²) >= 11 is 38.4. The van der Waals surface area contributed by atoms with Crippen LogP contribution in [0.5, 0.6) is 23.0 Å². The molecule has 1 aromatic rings. The zero-order chi connectivity index (χ0) is 34.5. The van der Waals surface area contributed by atoms with Crippen molar-refractivity contribution in [2.45, 2.75) is 27.0 Å². The summed E-state index contributed by atoms with van der Waals surface area (Å²) in [6.07, 6.45) is -6.07. The predicted octanol–water partition coefficient (Wildman–Crippen LogP) is 4.04. The SMILES string of the molecule is CC(=O)OC(Cl)(OC(=O)C=N)C(=O)Oc1c(OC(=O)C(Cl)Cl)c(OC(=O)C(Cl)(Cl)Cl)c(Cl)c(C(=O)O)c1OC(=O)C(F)(F)F. The van der Waals surface area contributed by atoms with E-state index in [9.17, 15) is 51.8 Å². The minimum atomic E-state index is -5.92. The van der Waals surface area contributed by atoms with Gasteiger partial charge in [0, 0.05) is 6.92 Å². The number of carbonyl (C=O) groups is 7. The van der Waals surface area contributed by atoms with Gasteiger partial charge in [-0.2, -0.15) is 13.2 Å². The van der Waals surface area contributed by atoms with Crippen molar-refractivity contribution in [3.8, 4) is 23.0 Å². The third-order valence-corrected chi connectivity index (χ3v) is 5.26. The summed E-state index contributed by atoms with van der Waals surface area (Å²) in [5.74, 6) is -22.7. The number of hydrogen-bond donors (Lipinski definition) is 2. The molecule has 25 heteroatoms. The van der Waals surface area contributed by atoms with Crippen molar-refractivity contribution in [2.75, 3.05) is 0 Å². The smallest absolute Gasteiger partial charge is 0.477 e. The molecule has 242 valence electrons. The molecule has 15 nitrogen and oxygen atoms in total. The molecule has 0 heterocycles. The lowest BCUT2D eigenvalue weighted by Crippen LogP contribution is -2.45. The third-order valence-electron chi connectivity index (χ3n) is 3.78. The average Bonchev–Trinajstić information content (AvgIpc) is 2.85. The molecule has 1 unspecified atom stereocenters. The number of ether oxygens (including phenoxy) is 6. The zero-order valence-electron chi connectivity index (χ0n) is 20.2. The highest BCUT2D eigenvalue weighted by Gasteiger charge is 2.50. The summed E-state index contributed by atoms with van der Waals surface area (Å²) in [5, 5.41) is 11.2. The summed E-state index contributed by atoms with van der Waals surface area (Å²) in [6.45, 7) is 0.562. The van der Waals surface area contributed by atoms with Gasteiger partial charge < -0.3 is 38.9 Å². The van der Waals surface area contributed by atoms with Crippen LogP contribution in [0, 0.1) is 5.41 Å². The number of rotatable bonds is 10. The van der Waals surface area contributed by atoms with Crippen LogP contribution < -0.4 is 18.9 Å². The summed E-state index contributed by atoms with van der Waals surface area (Å²) in [5.41, 5.74) is -1.81. The lowest BCUT2D eigenvalue weighted by Gasteiger charge is -2.25. The molecule has 0 saturated carbocycles. The van der Waals surface area contributed by atoms with Crippen LogP contribution in [-0.2, 0) is 38.2 Å². The molecular weight excluding hydrogens is 771 g/mol. The van der Waals surface area contributed by atoms with E-state index in [0.29, 0.717) is 6.92 Å². The minimum absolute atomic E-state index is 0.141. The van der Waals surface area contributed by atoms with E-state index in [4.69, 9.17) is 86.6 Å². The fraction of sp³-hybridized carbons (Fsp3) is 0.263. The van der Waals surface area contributed by atoms with Gasteiger partial charge in [-0.3, -0.25) is 4.79 Å². The fourth-order valence-corrected chi connectivity index (χ4v) is 2.96. The second-order valence-electron chi connectivity index (χ2n) is 6.89. The summed E-state index contributed by atoms with van der Waals surface area (Å²) in [7, 11) is 0. The number of halogens is 10. The molecule has 0 spiro atoms. The molecule has 0 aliphatic carbocycles. The molecule has 1 rings (SSSR count). The van der Waals surface area contributed by atoms with Gasteiger partial charge in [-0.1, -0.05) is 69.6 Å². The molecule has 44 heavy (non-hydrogen) atoms. The highest BCUT2D eigenvalue weighted by Crippen LogP contribution is 2.54. The van der Waals surface area contributed by atoms with Gasteiger partial charge in [-0.15, -0.1) is 0 Å². The highest BCUT2D eigenvalue weighted by atomic mass is 35.6. The van der Waals surface area contributed by atoms with E-state index in [1.165, 1.54) is 0 Å². The topological polar surface area (TPSA) is 219 Å². The minimum Gasteiger partial charge on any atom is -0.477 e. The fourth-order valence-electron chi connectivity index (χ4n) is 2.25. The number of aromatic carboxylic acids is 1. The molecule has 1 atom stereocenters. The molecule has 0 fully saturated rings. The van der Waals surface area contributed by atoms with Gasteiger partial charge in [0.2, 0.25) is 16.3 Å². The molecule has 0 amide bonds. The normalized spacial score (nSPS) is 12.7. The molecule has 0 aliphatic rings. The van der Waals surface area contributed by atoms with E-state index < -0.39 is 95.4 Å². The number of carboxylic acids is 1. The lowest BCUT2D eigenvalue weighted by molar-refractivity contribution is -0.206. The first-order valence-corrected chi connectivity index (χ1v) is 12.7. The van der Waals surface area contributed by atoms with Crippen LogP contribution in [0.2, 0.25) is 5.02 Å². The number of carboxylic acid groups (broad SMARTS) is 1. The predicted molar refractivity (Wildman–Crippen MR) is 138 cm³/mol. The Morgan fingerprint density at radius 2 is 1.27 bits per heavy atom. The van der Waals surface area contributed by atoms with Gasteiger partial charge in [0.15, 0.2) is 11.5 Å². The quantitative estimate of drug-likeness (QED) is 0.113. The Balaban J connectivity index is 4.36. The van der Waals surface area contributed by atoms with Crippen molar-refractivity contribution in [1.29, 1.82) is 5.41 Å². The van der Waals surface area contributed by atoms with E-state index >= 15 is 0 Å². The Bertz CT molecular complexity index is 1430. The second kappa shape index (κ2) is 14.9. The Hall–Kier alpha value is -3.00. The van der Waals surface area contributed by atoms with Gasteiger partial charge in [0.05, 0.1) is 0 Å². The number of benzene rings is 1. The Morgan fingerprint density at radius 3 is 1.68 bits per heavy atom. The second-order valence-corrected chi connectivity index (χ2v) is 11.1. The maximum Gasteiger partial charge on any atom is 0.491 e. The standard InChI is InChI=1S/C19H7Cl7F3NO14/c1-3(31)43-18(26,44-4(32)2-30)15(37)42-9-7(40-16(38)19(27,28)29)5(12(33)34)6(20)8(41-14(36)17(23,24)25)10(9)39-13(35)11(21)22/h2,11,30H,1H3,(H,33,34). The van der Waals surface area contributed by atoms with Gasteiger partial charge in [0.25, 0.3) is 3.79 Å². The molecule has 0 aliphatic heterocycles. The van der Waals surface area contributed by atoms with Crippen LogP contribution in [0.4, 0.5) is 13.2 Å². The van der Waals surface area contributed by atoms with Gasteiger partial charge in [0.1, 0.15) is 16.8 Å². The summed E-state index contributed by atoms with van der Waals surface area (Å²) < 4.78 is 62.8. The van der Waals surface area contributed by atoms with Crippen molar-refractivity contribution < 1.29 is 80.3 Å². The monoisotopic (exact) mass is 775 g/mol. The van der Waals surface area contributed by atoms with Crippen LogP contribution in [0.25, 0.3) is 0 Å². The van der Waals surface area contributed by atoms with Crippen LogP contribution in [-0.4, -0.2) is 73.2 Å². The molecule has 0 radical (unpaired) electrons. The van der Waals surface area contributed by atoms with Crippen molar-refractivity contribution >= 4 is 129 Å². The average molecular weight is 778 g/mol. The van der Waals surface area contributed by atoms with Crippen LogP contribution in [0.15, 0.2) is 0 Å². The molecule has 2 N–H and O–H groups in total. The summed E-state index contributed by atoms with van der Waals surface area (Å²) in [4.78, 5) is 82.2. The van der Waals surface area contributed by atoms with Crippen molar-refractivity contribution in [2.24, 2.45) is 0 Å². The molecule has 0 aromatic heterocycles. The first-order valence-electron chi connectivity index (χ1n) is 9.92. The lowest BCUT2D eigenvalue weighted by atomic mass is 10.1. The van der Waals surface area contributed by atoms with Crippen molar-refractivity contribution in [1.82, 2.24) is 0 Å². The molecule has 0 saturated heterocycles. The van der Waals surface area contributed by atoms with E-state index in [2.05, 4.69) is 28.4 Å². The first-order chi connectivity index (χ1) is 19.9. The van der Waals surface area contributed by atoms with Gasteiger partial charge in [-0.05, 0) is 11.6 Å². The number of esters is 6. The highest BCUT2D eigenvalue weighted by molar-refractivity contribution is 6.75. The first kappa shape index (κ1) is 39.0. The van der Waals surface area contributed by atoms with Crippen LogP contribution in [0.1, 0.15) is 17.3 Å². The van der Waals surface area contributed by atoms with E-state index in [-0.39, 0.29) is 6.21 Å². The molecule has 1 aromatic carbocycles. The third kappa shape index (κ3) is 10.0. The van der Waals surface area contributed by atoms with Crippen LogP contribution >= 0.6 is 81.2 Å².